The quantitative estimate of drug-likeness (QED) is 0.641. The van der Waals surface area contributed by atoms with Crippen LogP contribution in [-0.4, -0.2) is 60.5 Å². The molecule has 0 aliphatic carbocycles. The molecule has 2 aliphatic heterocycles. The number of aromatic nitrogens is 1. The fraction of sp³-hybridized carbons (Fsp3) is 0.538. The molecular formula is C26H32F3N5O. The topological polar surface area (TPSA) is 55.5 Å². The number of benzene rings is 1. The van der Waals surface area contributed by atoms with E-state index in [9.17, 15) is 18.0 Å². The lowest BCUT2D eigenvalue weighted by Crippen LogP contribution is -2.41. The number of carbonyl (C=O) groups is 1. The van der Waals surface area contributed by atoms with Crippen LogP contribution in [-0.2, 0) is 24.6 Å². The first kappa shape index (κ1) is 25.1. The molecule has 0 bridgehead atoms. The van der Waals surface area contributed by atoms with Crippen molar-refractivity contribution in [3.8, 4) is 6.07 Å². The Morgan fingerprint density at radius 1 is 1.17 bits per heavy atom. The van der Waals surface area contributed by atoms with Crippen molar-refractivity contribution in [2.75, 3.05) is 45.2 Å². The molecule has 0 unspecified atom stereocenters. The molecule has 2 saturated heterocycles. The summed E-state index contributed by atoms with van der Waals surface area (Å²) in [6.07, 6.45) is -0.901. The predicted octanol–water partition coefficient (Wildman–Crippen LogP) is 3.97. The molecule has 1 amide bonds. The zero-order valence-electron chi connectivity index (χ0n) is 20.4. The summed E-state index contributed by atoms with van der Waals surface area (Å²) in [5, 5.41) is 9.07. The fourth-order valence-electron chi connectivity index (χ4n) is 5.65. The van der Waals surface area contributed by atoms with Crippen LogP contribution in [0.5, 0.6) is 0 Å². The molecule has 0 saturated carbocycles. The van der Waals surface area contributed by atoms with Crippen LogP contribution in [0.15, 0.2) is 36.5 Å². The summed E-state index contributed by atoms with van der Waals surface area (Å²) in [5.74, 6) is 0.625. The van der Waals surface area contributed by atoms with E-state index in [4.69, 9.17) is 5.26 Å². The van der Waals surface area contributed by atoms with Crippen molar-refractivity contribution in [3.63, 3.8) is 0 Å². The number of nitrogens with zero attached hydrogens (tertiary/aromatic N) is 5. The summed E-state index contributed by atoms with van der Waals surface area (Å²) in [4.78, 5) is 19.0. The lowest BCUT2D eigenvalue weighted by molar-refractivity contribution is -0.137. The number of piperidine rings is 1. The number of aryl methyl sites for hydroxylation is 1. The van der Waals surface area contributed by atoms with Crippen LogP contribution in [0.3, 0.4) is 0 Å². The molecule has 0 radical (unpaired) electrons. The molecule has 1 aromatic carbocycles. The van der Waals surface area contributed by atoms with Crippen LogP contribution < -0.4 is 4.90 Å². The van der Waals surface area contributed by atoms with Gasteiger partial charge >= 0.3 is 6.18 Å². The van der Waals surface area contributed by atoms with Crippen LogP contribution in [0.25, 0.3) is 0 Å². The van der Waals surface area contributed by atoms with E-state index in [-0.39, 0.29) is 23.3 Å². The summed E-state index contributed by atoms with van der Waals surface area (Å²) >= 11 is 0. The van der Waals surface area contributed by atoms with Gasteiger partial charge in [-0.15, -0.1) is 0 Å². The number of likely N-dealkylation sites (tertiary alicyclic amines) is 1. The molecule has 1 aromatic heterocycles. The van der Waals surface area contributed by atoms with Gasteiger partial charge in [-0.1, -0.05) is 0 Å². The molecule has 6 nitrogen and oxygen atoms in total. The van der Waals surface area contributed by atoms with E-state index in [1.165, 1.54) is 11.8 Å². The first-order chi connectivity index (χ1) is 16.6. The second kappa shape index (κ2) is 9.94. The average Bonchev–Trinajstić information content (AvgIpc) is 3.44. The number of rotatable bonds is 5. The zero-order valence-corrected chi connectivity index (χ0v) is 20.4. The Hall–Kier alpha value is -2.99. The highest BCUT2D eigenvalue weighted by Crippen LogP contribution is 2.39. The summed E-state index contributed by atoms with van der Waals surface area (Å²) in [5.41, 5.74) is 0.457. The summed E-state index contributed by atoms with van der Waals surface area (Å²) in [7, 11) is 5.62. The Morgan fingerprint density at radius 3 is 2.46 bits per heavy atom. The van der Waals surface area contributed by atoms with E-state index >= 15 is 0 Å². The molecule has 0 N–H and O–H groups in total. The minimum Gasteiger partial charge on any atom is -0.372 e. The molecule has 188 valence electrons. The average molecular weight is 488 g/mol. The monoisotopic (exact) mass is 487 g/mol. The second-order valence-corrected chi connectivity index (χ2v) is 9.97. The molecular weight excluding hydrogens is 455 g/mol. The van der Waals surface area contributed by atoms with Crippen LogP contribution in [0.2, 0.25) is 0 Å². The number of hydrogen-bond acceptors (Lipinski definition) is 4. The molecule has 2 aliphatic rings. The fourth-order valence-corrected chi connectivity index (χ4v) is 5.65. The Labute approximate surface area is 204 Å². The third-order valence-electron chi connectivity index (χ3n) is 7.57. The van der Waals surface area contributed by atoms with Crippen molar-refractivity contribution >= 4 is 11.6 Å². The van der Waals surface area contributed by atoms with E-state index in [1.807, 2.05) is 24.2 Å². The normalized spacial score (nSPS) is 21.8. The number of hydrogen-bond donors (Lipinski definition) is 0. The Bertz CT molecular complexity index is 1100. The van der Waals surface area contributed by atoms with Gasteiger partial charge in [-0.3, -0.25) is 9.69 Å². The third-order valence-corrected chi connectivity index (χ3v) is 7.57. The lowest BCUT2D eigenvalue weighted by atomic mass is 9.78. The maximum Gasteiger partial charge on any atom is 0.417 e. The van der Waals surface area contributed by atoms with Crippen molar-refractivity contribution < 1.29 is 18.0 Å². The van der Waals surface area contributed by atoms with Gasteiger partial charge in [0.1, 0.15) is 0 Å². The smallest absolute Gasteiger partial charge is 0.372 e. The van der Waals surface area contributed by atoms with Crippen LogP contribution in [0.1, 0.15) is 29.7 Å². The molecule has 9 heteroatoms. The summed E-state index contributed by atoms with van der Waals surface area (Å²) < 4.78 is 42.4. The highest BCUT2D eigenvalue weighted by Gasteiger charge is 2.43. The number of nitriles is 1. The molecule has 2 atom stereocenters. The summed E-state index contributed by atoms with van der Waals surface area (Å²) in [6, 6.07) is 9.72. The molecule has 2 aromatic rings. The van der Waals surface area contributed by atoms with Gasteiger partial charge < -0.3 is 14.4 Å². The highest BCUT2D eigenvalue weighted by molar-refractivity contribution is 5.79. The summed E-state index contributed by atoms with van der Waals surface area (Å²) in [6.45, 7) is 3.62. The number of anilines is 1. The molecule has 0 spiro atoms. The number of carbonyl (C=O) groups excluding carboxylic acids is 1. The van der Waals surface area contributed by atoms with Gasteiger partial charge in [0.25, 0.3) is 0 Å². The molecule has 35 heavy (non-hydrogen) atoms. The Kier molecular flexibility index (Phi) is 7.13. The maximum absolute atomic E-state index is 13.4. The maximum atomic E-state index is 13.4. The van der Waals surface area contributed by atoms with Gasteiger partial charge in [-0.05, 0) is 55.0 Å². The van der Waals surface area contributed by atoms with Gasteiger partial charge in [-0.25, -0.2) is 0 Å². The van der Waals surface area contributed by atoms with Crippen molar-refractivity contribution in [1.29, 1.82) is 5.26 Å². The molecule has 3 heterocycles. The Morgan fingerprint density at radius 2 is 1.89 bits per heavy atom. The van der Waals surface area contributed by atoms with E-state index in [2.05, 4.69) is 15.5 Å². The SMILES string of the molecule is CN(C)C(=O)[C@@H]1CN(Cc2cccn2C)C[C@H]1C1CCN(c2ccc(C#N)c(C(F)(F)F)c2)CC1. The molecule has 4 rings (SSSR count). The largest absolute Gasteiger partial charge is 0.417 e. The lowest BCUT2D eigenvalue weighted by Gasteiger charge is -2.38. The standard InChI is InChI=1S/C26H32F3N5O/c1-31(2)25(35)23-17-33(15-21-5-4-10-32(21)3)16-22(23)18-8-11-34(12-9-18)20-7-6-19(14-30)24(13-20)26(27,28)29/h4-7,10,13,18,22-23H,8-9,11-12,15-17H2,1-3H3/t22-,23+/m0/s1. The van der Waals surface area contributed by atoms with E-state index in [0.717, 1.165) is 38.5 Å². The number of amides is 1. The number of halogens is 3. The molecule has 2 fully saturated rings. The Balaban J connectivity index is 1.46. The predicted molar refractivity (Wildman–Crippen MR) is 127 cm³/mol. The van der Waals surface area contributed by atoms with Crippen molar-refractivity contribution in [3.05, 3.63) is 53.3 Å². The third kappa shape index (κ3) is 5.32. The zero-order chi connectivity index (χ0) is 25.3. The van der Waals surface area contributed by atoms with Gasteiger partial charge in [0.15, 0.2) is 0 Å². The van der Waals surface area contributed by atoms with Crippen LogP contribution in [0, 0.1) is 29.1 Å². The van der Waals surface area contributed by atoms with E-state index in [1.54, 1.807) is 31.1 Å². The van der Waals surface area contributed by atoms with E-state index < -0.39 is 11.7 Å². The second-order valence-electron chi connectivity index (χ2n) is 9.97. The highest BCUT2D eigenvalue weighted by atomic mass is 19.4. The first-order valence-corrected chi connectivity index (χ1v) is 12.0. The minimum atomic E-state index is -4.56. The van der Waals surface area contributed by atoms with Gasteiger partial charge in [0.05, 0.1) is 23.1 Å². The van der Waals surface area contributed by atoms with Crippen molar-refractivity contribution in [1.82, 2.24) is 14.4 Å². The van der Waals surface area contributed by atoms with Crippen LogP contribution >= 0.6 is 0 Å². The van der Waals surface area contributed by atoms with E-state index in [0.29, 0.717) is 24.7 Å². The first-order valence-electron chi connectivity index (χ1n) is 12.0. The van der Waals surface area contributed by atoms with Gasteiger partial charge in [-0.2, -0.15) is 18.4 Å². The van der Waals surface area contributed by atoms with Crippen molar-refractivity contribution in [2.45, 2.75) is 25.6 Å². The van der Waals surface area contributed by atoms with Gasteiger partial charge in [0.2, 0.25) is 5.91 Å². The minimum absolute atomic E-state index is 0.0754. The van der Waals surface area contributed by atoms with Gasteiger partial charge in [0, 0.05) is 71.4 Å². The van der Waals surface area contributed by atoms with Crippen molar-refractivity contribution in [2.24, 2.45) is 24.8 Å². The number of alkyl halides is 3. The van der Waals surface area contributed by atoms with Crippen LogP contribution in [0.4, 0.5) is 18.9 Å².